The largest absolute Gasteiger partial charge is 0.326 e. The molecule has 1 aliphatic heterocycles. The van der Waals surface area contributed by atoms with Gasteiger partial charge < -0.3 is 16.8 Å². The van der Waals surface area contributed by atoms with E-state index in [-0.39, 0.29) is 6.04 Å². The van der Waals surface area contributed by atoms with Crippen molar-refractivity contribution in [2.45, 2.75) is 44.4 Å². The van der Waals surface area contributed by atoms with Gasteiger partial charge in [0.1, 0.15) is 0 Å². The van der Waals surface area contributed by atoms with Gasteiger partial charge in [-0.1, -0.05) is 24.3 Å². The summed E-state index contributed by atoms with van der Waals surface area (Å²) < 4.78 is 0. The zero-order valence-corrected chi connectivity index (χ0v) is 9.82. The monoisotopic (exact) mass is 219 g/mol. The molecule has 2 rings (SSSR count). The van der Waals surface area contributed by atoms with Crippen LogP contribution >= 0.6 is 0 Å². The molecule has 1 aliphatic rings. The van der Waals surface area contributed by atoms with Gasteiger partial charge in [-0.3, -0.25) is 0 Å². The Balaban J connectivity index is 2.12. The lowest BCUT2D eigenvalue weighted by molar-refractivity contribution is 0.303. The molecular formula is C13H21N3. The quantitative estimate of drug-likeness (QED) is 0.702. The lowest BCUT2D eigenvalue weighted by atomic mass is 9.90. The summed E-state index contributed by atoms with van der Waals surface area (Å²) in [6.45, 7) is 2.76. The topological polar surface area (TPSA) is 64.1 Å². The fourth-order valence-corrected chi connectivity index (χ4v) is 2.33. The Morgan fingerprint density at radius 3 is 2.88 bits per heavy atom. The van der Waals surface area contributed by atoms with Gasteiger partial charge >= 0.3 is 0 Å². The first-order chi connectivity index (χ1) is 7.70. The van der Waals surface area contributed by atoms with Crippen molar-refractivity contribution in [3.05, 3.63) is 35.4 Å². The maximum atomic E-state index is 5.99. The van der Waals surface area contributed by atoms with Crippen molar-refractivity contribution in [3.63, 3.8) is 0 Å². The summed E-state index contributed by atoms with van der Waals surface area (Å²) in [5.74, 6) is 0. The van der Waals surface area contributed by atoms with E-state index in [9.17, 15) is 0 Å². The van der Waals surface area contributed by atoms with Gasteiger partial charge in [-0.2, -0.15) is 0 Å². The first kappa shape index (κ1) is 11.6. The van der Waals surface area contributed by atoms with Crippen molar-refractivity contribution in [1.82, 2.24) is 5.32 Å². The van der Waals surface area contributed by atoms with Crippen molar-refractivity contribution < 1.29 is 0 Å². The third kappa shape index (κ3) is 2.43. The molecule has 1 heterocycles. The van der Waals surface area contributed by atoms with E-state index < -0.39 is 0 Å². The minimum absolute atomic E-state index is 0.286. The highest BCUT2D eigenvalue weighted by molar-refractivity contribution is 5.26. The van der Waals surface area contributed by atoms with E-state index in [4.69, 9.17) is 11.5 Å². The van der Waals surface area contributed by atoms with Crippen molar-refractivity contribution in [2.75, 3.05) is 0 Å². The molecule has 0 saturated carbocycles. The maximum Gasteiger partial charge on any atom is 0.0323 e. The summed E-state index contributed by atoms with van der Waals surface area (Å²) in [5, 5.41) is 3.57. The summed E-state index contributed by atoms with van der Waals surface area (Å²) in [6, 6.07) is 9.62. The van der Waals surface area contributed by atoms with Gasteiger partial charge in [0.25, 0.3) is 0 Å². The van der Waals surface area contributed by atoms with E-state index in [1.165, 1.54) is 11.1 Å². The molecule has 3 unspecified atom stereocenters. The van der Waals surface area contributed by atoms with Crippen molar-refractivity contribution in [1.29, 1.82) is 0 Å². The van der Waals surface area contributed by atoms with E-state index in [2.05, 4.69) is 36.5 Å². The lowest BCUT2D eigenvalue weighted by Crippen LogP contribution is -2.48. The molecule has 1 aromatic carbocycles. The van der Waals surface area contributed by atoms with E-state index in [1.807, 2.05) is 0 Å². The van der Waals surface area contributed by atoms with E-state index in [0.717, 1.165) is 12.8 Å². The zero-order valence-electron chi connectivity index (χ0n) is 9.82. The van der Waals surface area contributed by atoms with Gasteiger partial charge in [0, 0.05) is 24.7 Å². The van der Waals surface area contributed by atoms with Crippen LogP contribution < -0.4 is 16.8 Å². The van der Waals surface area contributed by atoms with Gasteiger partial charge in [0.05, 0.1) is 0 Å². The highest BCUT2D eigenvalue weighted by Gasteiger charge is 2.24. The molecular weight excluding hydrogens is 198 g/mol. The van der Waals surface area contributed by atoms with Gasteiger partial charge in [0.15, 0.2) is 0 Å². The normalized spacial score (nSPS) is 30.3. The number of rotatable bonds is 2. The number of nitrogens with one attached hydrogen (secondary N) is 1. The molecule has 1 fully saturated rings. The molecule has 1 aromatic rings. The number of benzene rings is 1. The van der Waals surface area contributed by atoms with Crippen LogP contribution in [0.3, 0.4) is 0 Å². The smallest absolute Gasteiger partial charge is 0.0323 e. The predicted octanol–water partition coefficient (Wildman–Crippen LogP) is 1.29. The Morgan fingerprint density at radius 1 is 1.38 bits per heavy atom. The van der Waals surface area contributed by atoms with Crippen LogP contribution in [-0.4, -0.2) is 12.1 Å². The first-order valence-electron chi connectivity index (χ1n) is 6.01. The summed E-state index contributed by atoms with van der Waals surface area (Å²) >= 11 is 0. The molecule has 0 aromatic heterocycles. The number of hydrogen-bond donors (Lipinski definition) is 3. The number of nitrogens with two attached hydrogens (primary N) is 2. The van der Waals surface area contributed by atoms with Crippen LogP contribution in [0.5, 0.6) is 0 Å². The second-order valence-electron chi connectivity index (χ2n) is 4.70. The number of hydrogen-bond acceptors (Lipinski definition) is 3. The van der Waals surface area contributed by atoms with Gasteiger partial charge in [-0.05, 0) is 30.9 Å². The molecule has 5 N–H and O–H groups in total. The van der Waals surface area contributed by atoms with Gasteiger partial charge in [-0.15, -0.1) is 0 Å². The Bertz CT molecular complexity index is 351. The van der Waals surface area contributed by atoms with Crippen LogP contribution in [0, 0.1) is 0 Å². The van der Waals surface area contributed by atoms with E-state index >= 15 is 0 Å². The standard InChI is InChI=1S/C13H21N3/c1-9-12(15)5-6-13(16-9)11-4-2-3-10(7-11)8-14/h2-4,7,9,12-13,16H,5-6,8,14-15H2,1H3. The maximum absolute atomic E-state index is 5.99. The molecule has 0 radical (unpaired) electrons. The molecule has 3 heteroatoms. The SMILES string of the molecule is CC1NC(c2cccc(CN)c2)CCC1N. The van der Waals surface area contributed by atoms with Crippen molar-refractivity contribution >= 4 is 0 Å². The van der Waals surface area contributed by atoms with Crippen LogP contribution in [0.2, 0.25) is 0 Å². The van der Waals surface area contributed by atoms with Crippen LogP contribution in [0.15, 0.2) is 24.3 Å². The Morgan fingerprint density at radius 2 is 2.19 bits per heavy atom. The highest BCUT2D eigenvalue weighted by atomic mass is 15.0. The van der Waals surface area contributed by atoms with E-state index in [1.54, 1.807) is 0 Å². The van der Waals surface area contributed by atoms with Crippen molar-refractivity contribution in [2.24, 2.45) is 11.5 Å². The van der Waals surface area contributed by atoms with Crippen LogP contribution in [0.1, 0.15) is 36.9 Å². The van der Waals surface area contributed by atoms with Crippen molar-refractivity contribution in [3.8, 4) is 0 Å². The Hall–Kier alpha value is -0.900. The minimum Gasteiger partial charge on any atom is -0.326 e. The zero-order chi connectivity index (χ0) is 11.5. The average molecular weight is 219 g/mol. The fraction of sp³-hybridized carbons (Fsp3) is 0.538. The molecule has 0 spiro atoms. The third-order valence-electron chi connectivity index (χ3n) is 3.48. The average Bonchev–Trinajstić information content (AvgIpc) is 2.33. The summed E-state index contributed by atoms with van der Waals surface area (Å²) in [4.78, 5) is 0. The van der Waals surface area contributed by atoms with E-state index in [0.29, 0.717) is 18.6 Å². The highest BCUT2D eigenvalue weighted by Crippen LogP contribution is 2.25. The van der Waals surface area contributed by atoms with Gasteiger partial charge in [-0.25, -0.2) is 0 Å². The van der Waals surface area contributed by atoms with Crippen LogP contribution in [-0.2, 0) is 6.54 Å². The molecule has 1 saturated heterocycles. The van der Waals surface area contributed by atoms with Crippen LogP contribution in [0.4, 0.5) is 0 Å². The van der Waals surface area contributed by atoms with Crippen LogP contribution in [0.25, 0.3) is 0 Å². The molecule has 16 heavy (non-hydrogen) atoms. The molecule has 0 aliphatic carbocycles. The van der Waals surface area contributed by atoms with Gasteiger partial charge in [0.2, 0.25) is 0 Å². The first-order valence-corrected chi connectivity index (χ1v) is 6.01. The molecule has 3 atom stereocenters. The molecule has 0 amide bonds. The summed E-state index contributed by atoms with van der Waals surface area (Å²) in [7, 11) is 0. The molecule has 88 valence electrons. The Labute approximate surface area is 97.2 Å². The third-order valence-corrected chi connectivity index (χ3v) is 3.48. The second kappa shape index (κ2) is 4.95. The second-order valence-corrected chi connectivity index (χ2v) is 4.70. The fourth-order valence-electron chi connectivity index (χ4n) is 2.33. The minimum atomic E-state index is 0.286. The predicted molar refractivity (Wildman–Crippen MR) is 66.9 cm³/mol. The molecule has 3 nitrogen and oxygen atoms in total. The lowest BCUT2D eigenvalue weighted by Gasteiger charge is -2.34. The Kier molecular flexibility index (Phi) is 3.59. The summed E-state index contributed by atoms with van der Waals surface area (Å²) in [6.07, 6.45) is 2.20. The summed E-state index contributed by atoms with van der Waals surface area (Å²) in [5.41, 5.74) is 14.2. The molecule has 0 bridgehead atoms. The number of piperidine rings is 1.